The van der Waals surface area contributed by atoms with E-state index in [-0.39, 0.29) is 17.2 Å². The molecule has 0 fully saturated rings. The van der Waals surface area contributed by atoms with Gasteiger partial charge in [-0.15, -0.1) is 0 Å². The Morgan fingerprint density at radius 3 is 2.61 bits per heavy atom. The molecule has 1 heterocycles. The first-order chi connectivity index (χ1) is 11.1. The van der Waals surface area contributed by atoms with Crippen LogP contribution in [0.5, 0.6) is 0 Å². The van der Waals surface area contributed by atoms with Crippen molar-refractivity contribution < 1.29 is 9.69 Å². The second kappa shape index (κ2) is 8.50. The highest BCUT2D eigenvalue weighted by Gasteiger charge is 2.17. The Kier molecular flexibility index (Phi) is 6.38. The molecule has 0 spiro atoms. The number of nitrogens with one attached hydrogen (secondary N) is 3. The first kappa shape index (κ1) is 17.2. The van der Waals surface area contributed by atoms with Crippen LogP contribution in [-0.2, 0) is 6.42 Å². The third-order valence-electron chi connectivity index (χ3n) is 3.66. The number of hydrogen-bond acceptors (Lipinski definition) is 2. The minimum Gasteiger partial charge on any atom is -0.336 e. The number of halogens is 1. The SMILES string of the molecule is C[NH+](C)[C@H](CNC(=O)Nc1cccnc1Cl)Cc1ccccc1. The van der Waals surface area contributed by atoms with E-state index < -0.39 is 0 Å². The average Bonchev–Trinajstić information content (AvgIpc) is 2.54. The van der Waals surface area contributed by atoms with Crippen molar-refractivity contribution in [2.45, 2.75) is 12.5 Å². The number of rotatable bonds is 6. The van der Waals surface area contributed by atoms with Crippen LogP contribution in [0.1, 0.15) is 5.56 Å². The van der Waals surface area contributed by atoms with Gasteiger partial charge < -0.3 is 15.5 Å². The van der Waals surface area contributed by atoms with Gasteiger partial charge in [-0.05, 0) is 17.7 Å². The second-order valence-electron chi connectivity index (χ2n) is 5.64. The summed E-state index contributed by atoms with van der Waals surface area (Å²) in [4.78, 5) is 17.2. The van der Waals surface area contributed by atoms with Crippen LogP contribution in [0.2, 0.25) is 5.15 Å². The molecule has 2 aromatic rings. The number of anilines is 1. The lowest BCUT2D eigenvalue weighted by atomic mass is 10.1. The van der Waals surface area contributed by atoms with Crippen molar-refractivity contribution in [2.24, 2.45) is 0 Å². The molecule has 0 radical (unpaired) electrons. The van der Waals surface area contributed by atoms with E-state index in [2.05, 4.69) is 41.8 Å². The summed E-state index contributed by atoms with van der Waals surface area (Å²) < 4.78 is 0. The van der Waals surface area contributed by atoms with E-state index in [1.165, 1.54) is 10.5 Å². The Morgan fingerprint density at radius 2 is 1.96 bits per heavy atom. The van der Waals surface area contributed by atoms with Gasteiger partial charge in [0.2, 0.25) is 0 Å². The molecule has 122 valence electrons. The van der Waals surface area contributed by atoms with E-state index in [9.17, 15) is 4.79 Å². The molecule has 2 amide bonds. The molecular weight excluding hydrogens is 312 g/mol. The van der Waals surface area contributed by atoms with Gasteiger partial charge in [-0.1, -0.05) is 41.9 Å². The summed E-state index contributed by atoms with van der Waals surface area (Å²) in [7, 11) is 4.18. The number of hydrogen-bond donors (Lipinski definition) is 3. The first-order valence-corrected chi connectivity index (χ1v) is 7.93. The van der Waals surface area contributed by atoms with Crippen molar-refractivity contribution in [3.8, 4) is 0 Å². The maximum Gasteiger partial charge on any atom is 0.319 e. The summed E-state index contributed by atoms with van der Waals surface area (Å²) in [6.07, 6.45) is 2.48. The molecule has 3 N–H and O–H groups in total. The van der Waals surface area contributed by atoms with Gasteiger partial charge in [0, 0.05) is 12.6 Å². The zero-order chi connectivity index (χ0) is 16.7. The maximum absolute atomic E-state index is 12.0. The van der Waals surface area contributed by atoms with E-state index in [1.807, 2.05) is 18.2 Å². The summed E-state index contributed by atoms with van der Waals surface area (Å²) in [5, 5.41) is 5.90. The monoisotopic (exact) mass is 333 g/mol. The van der Waals surface area contributed by atoms with Crippen LogP contribution in [0.25, 0.3) is 0 Å². The van der Waals surface area contributed by atoms with Crippen molar-refractivity contribution in [1.82, 2.24) is 10.3 Å². The fourth-order valence-electron chi connectivity index (χ4n) is 2.24. The number of amides is 2. The van der Waals surface area contributed by atoms with Crippen molar-refractivity contribution in [2.75, 3.05) is 26.0 Å². The Balaban J connectivity index is 1.88. The Hall–Kier alpha value is -2.11. The van der Waals surface area contributed by atoms with Crippen molar-refractivity contribution in [3.05, 3.63) is 59.4 Å². The fourth-order valence-corrected chi connectivity index (χ4v) is 2.41. The summed E-state index contributed by atoms with van der Waals surface area (Å²) in [6.45, 7) is 0.570. The topological polar surface area (TPSA) is 58.5 Å². The molecule has 5 nitrogen and oxygen atoms in total. The number of pyridine rings is 1. The lowest BCUT2D eigenvalue weighted by Gasteiger charge is -2.22. The van der Waals surface area contributed by atoms with Gasteiger partial charge in [0.15, 0.2) is 5.15 Å². The van der Waals surface area contributed by atoms with Crippen LogP contribution in [-0.4, -0.2) is 37.7 Å². The quantitative estimate of drug-likeness (QED) is 0.703. The van der Waals surface area contributed by atoms with Gasteiger partial charge in [0.1, 0.15) is 6.04 Å². The van der Waals surface area contributed by atoms with Crippen molar-refractivity contribution in [1.29, 1.82) is 0 Å². The lowest BCUT2D eigenvalue weighted by molar-refractivity contribution is -0.884. The predicted octanol–water partition coefficient (Wildman–Crippen LogP) is 1.61. The van der Waals surface area contributed by atoms with Crippen LogP contribution >= 0.6 is 11.6 Å². The average molecular weight is 334 g/mol. The predicted molar refractivity (Wildman–Crippen MR) is 93.0 cm³/mol. The van der Waals surface area contributed by atoms with E-state index in [1.54, 1.807) is 18.3 Å². The minimum absolute atomic E-state index is 0.279. The summed E-state index contributed by atoms with van der Waals surface area (Å²) in [5.74, 6) is 0. The number of likely N-dealkylation sites (N-methyl/N-ethyl adjacent to an activating group) is 1. The van der Waals surface area contributed by atoms with Gasteiger partial charge in [0.25, 0.3) is 0 Å². The van der Waals surface area contributed by atoms with Gasteiger partial charge >= 0.3 is 6.03 Å². The highest BCUT2D eigenvalue weighted by atomic mass is 35.5. The zero-order valence-electron chi connectivity index (χ0n) is 13.3. The van der Waals surface area contributed by atoms with Gasteiger partial charge in [0.05, 0.1) is 26.3 Å². The van der Waals surface area contributed by atoms with Crippen LogP contribution in [0, 0.1) is 0 Å². The van der Waals surface area contributed by atoms with Gasteiger partial charge in [-0.2, -0.15) is 0 Å². The van der Waals surface area contributed by atoms with Crippen molar-refractivity contribution in [3.63, 3.8) is 0 Å². The standard InChI is InChI=1S/C17H21ClN4O/c1-22(2)14(11-13-7-4-3-5-8-13)12-20-17(23)21-15-9-6-10-19-16(15)18/h3-10,14H,11-12H2,1-2H3,(H2,20,21,23)/p+1/t14-/m0/s1. The fraction of sp³-hybridized carbons (Fsp3) is 0.294. The molecule has 0 aliphatic heterocycles. The summed E-state index contributed by atoms with van der Waals surface area (Å²) in [6, 6.07) is 13.7. The maximum atomic E-state index is 12.0. The van der Waals surface area contributed by atoms with Gasteiger partial charge in [-0.25, -0.2) is 9.78 Å². The normalized spacial score (nSPS) is 12.0. The molecule has 1 aromatic heterocycles. The zero-order valence-corrected chi connectivity index (χ0v) is 14.1. The van der Waals surface area contributed by atoms with E-state index in [4.69, 9.17) is 11.6 Å². The van der Waals surface area contributed by atoms with Crippen molar-refractivity contribution >= 4 is 23.3 Å². The molecule has 0 bridgehead atoms. The van der Waals surface area contributed by atoms with E-state index >= 15 is 0 Å². The minimum atomic E-state index is -0.279. The number of nitrogens with zero attached hydrogens (tertiary/aromatic N) is 1. The lowest BCUT2D eigenvalue weighted by Crippen LogP contribution is -3.11. The Morgan fingerprint density at radius 1 is 1.22 bits per heavy atom. The number of aromatic nitrogens is 1. The molecule has 23 heavy (non-hydrogen) atoms. The van der Waals surface area contributed by atoms with Crippen LogP contribution in [0.15, 0.2) is 48.7 Å². The van der Waals surface area contributed by atoms with Crippen LogP contribution < -0.4 is 15.5 Å². The number of carbonyl (C=O) groups is 1. The summed E-state index contributed by atoms with van der Waals surface area (Å²) >= 11 is 5.93. The third-order valence-corrected chi connectivity index (χ3v) is 3.96. The molecule has 0 unspecified atom stereocenters. The molecule has 0 saturated carbocycles. The third kappa shape index (κ3) is 5.54. The van der Waals surface area contributed by atoms with Gasteiger partial charge in [-0.3, -0.25) is 0 Å². The highest BCUT2D eigenvalue weighted by molar-refractivity contribution is 6.32. The Bertz CT molecular complexity index is 634. The Labute approximate surface area is 141 Å². The number of benzene rings is 1. The molecule has 2 rings (SSSR count). The summed E-state index contributed by atoms with van der Waals surface area (Å²) in [5.41, 5.74) is 1.76. The first-order valence-electron chi connectivity index (χ1n) is 7.55. The van der Waals surface area contributed by atoms with Crippen LogP contribution in [0.4, 0.5) is 10.5 Å². The van der Waals surface area contributed by atoms with E-state index in [0.717, 1.165) is 6.42 Å². The molecule has 1 aromatic carbocycles. The number of urea groups is 1. The molecule has 0 saturated heterocycles. The number of quaternary nitrogens is 1. The smallest absolute Gasteiger partial charge is 0.319 e. The van der Waals surface area contributed by atoms with Crippen LogP contribution in [0.3, 0.4) is 0 Å². The molecule has 1 atom stereocenters. The molecule has 0 aliphatic rings. The second-order valence-corrected chi connectivity index (χ2v) is 6.00. The molecule has 6 heteroatoms. The van der Waals surface area contributed by atoms with E-state index in [0.29, 0.717) is 12.2 Å². The highest BCUT2D eigenvalue weighted by Crippen LogP contribution is 2.16. The molecule has 0 aliphatic carbocycles. The molecular formula is C17H22ClN4O+. The number of carbonyl (C=O) groups excluding carboxylic acids is 1. The largest absolute Gasteiger partial charge is 0.336 e.